The number of aromatic nitrogens is 1. The Morgan fingerprint density at radius 2 is 2.05 bits per heavy atom. The van der Waals surface area contributed by atoms with E-state index in [1.165, 1.54) is 19.1 Å². The third-order valence-corrected chi connectivity index (χ3v) is 3.54. The van der Waals surface area contributed by atoms with Crippen molar-refractivity contribution in [3.8, 4) is 0 Å². The lowest BCUT2D eigenvalue weighted by molar-refractivity contribution is -0.114. The zero-order valence-corrected chi connectivity index (χ0v) is 12.2. The van der Waals surface area contributed by atoms with Crippen LogP contribution in [0.1, 0.15) is 22.3 Å². The zero-order valence-electron chi connectivity index (χ0n) is 11.4. The number of aryl methyl sites for hydroxylation is 1. The Labute approximate surface area is 124 Å². The molecule has 0 unspecified atom stereocenters. The molecule has 1 heterocycles. The largest absolute Gasteiger partial charge is 0.375 e. The Morgan fingerprint density at radius 3 is 2.62 bits per heavy atom. The predicted octanol–water partition coefficient (Wildman–Crippen LogP) is 2.38. The van der Waals surface area contributed by atoms with E-state index in [0.717, 1.165) is 17.4 Å². The van der Waals surface area contributed by atoms with Crippen LogP contribution in [0.4, 0.5) is 20.9 Å². The molecule has 6 nitrogen and oxygen atoms in total. The van der Waals surface area contributed by atoms with Gasteiger partial charge in [-0.3, -0.25) is 9.59 Å². The van der Waals surface area contributed by atoms with E-state index in [-0.39, 0.29) is 11.6 Å². The van der Waals surface area contributed by atoms with Crippen molar-refractivity contribution in [1.29, 1.82) is 0 Å². The molecule has 2 aromatic rings. The molecule has 4 N–H and O–H groups in total. The molecular formula is C13H13FN4O2S. The van der Waals surface area contributed by atoms with Gasteiger partial charge in [-0.25, -0.2) is 9.37 Å². The number of benzene rings is 1. The molecule has 8 heteroatoms. The molecule has 0 aliphatic carbocycles. The topological polar surface area (TPSA) is 97.1 Å². The van der Waals surface area contributed by atoms with E-state index < -0.39 is 11.7 Å². The van der Waals surface area contributed by atoms with Gasteiger partial charge in [0.1, 0.15) is 10.7 Å². The molecule has 0 spiro atoms. The summed E-state index contributed by atoms with van der Waals surface area (Å²) in [7, 11) is 0. The Morgan fingerprint density at radius 1 is 1.33 bits per heavy atom. The average Bonchev–Trinajstić information content (AvgIpc) is 2.72. The lowest BCUT2D eigenvalue weighted by atomic mass is 10.2. The summed E-state index contributed by atoms with van der Waals surface area (Å²) in [5.41, 5.74) is 6.43. The smallest absolute Gasteiger partial charge is 0.267 e. The number of nitrogen functional groups attached to an aromatic ring is 1. The number of hydrogen-bond acceptors (Lipinski definition) is 5. The van der Waals surface area contributed by atoms with Gasteiger partial charge in [0.05, 0.1) is 11.4 Å². The van der Waals surface area contributed by atoms with Crippen molar-refractivity contribution >= 4 is 39.7 Å². The standard InChI is InChI=1S/C13H13FN4O2S/c1-6-11(21-13(15)16-6)12(20)18-8-3-4-9(14)10(5-8)17-7(2)19/h3-5H,1-2H3,(H2,15,16)(H,17,19)(H,18,20). The summed E-state index contributed by atoms with van der Waals surface area (Å²) in [6.07, 6.45) is 0. The van der Waals surface area contributed by atoms with Gasteiger partial charge in [-0.05, 0) is 25.1 Å². The second-order valence-corrected chi connectivity index (χ2v) is 5.33. The summed E-state index contributed by atoms with van der Waals surface area (Å²) in [4.78, 5) is 27.4. The molecule has 0 bridgehead atoms. The van der Waals surface area contributed by atoms with E-state index >= 15 is 0 Å². The van der Waals surface area contributed by atoms with Crippen LogP contribution in [0.3, 0.4) is 0 Å². The molecule has 2 amide bonds. The van der Waals surface area contributed by atoms with Gasteiger partial charge in [-0.1, -0.05) is 11.3 Å². The first-order chi connectivity index (χ1) is 9.86. The Hall–Kier alpha value is -2.48. The summed E-state index contributed by atoms with van der Waals surface area (Å²) in [5.74, 6) is -1.37. The normalized spacial score (nSPS) is 10.2. The first kappa shape index (κ1) is 14.9. The second kappa shape index (κ2) is 5.88. The number of nitrogens with two attached hydrogens (primary N) is 1. The third-order valence-electron chi connectivity index (χ3n) is 2.55. The highest BCUT2D eigenvalue weighted by Crippen LogP contribution is 2.23. The number of amides is 2. The lowest BCUT2D eigenvalue weighted by Gasteiger charge is -2.08. The molecule has 0 saturated heterocycles. The molecular weight excluding hydrogens is 295 g/mol. The number of carbonyl (C=O) groups excluding carboxylic acids is 2. The first-order valence-corrected chi connectivity index (χ1v) is 6.80. The van der Waals surface area contributed by atoms with Crippen molar-refractivity contribution in [3.05, 3.63) is 34.6 Å². The third kappa shape index (κ3) is 3.54. The molecule has 0 saturated carbocycles. The molecule has 0 aliphatic heterocycles. The van der Waals surface area contributed by atoms with Crippen molar-refractivity contribution in [3.63, 3.8) is 0 Å². The predicted molar refractivity (Wildman–Crippen MR) is 79.9 cm³/mol. The van der Waals surface area contributed by atoms with Gasteiger partial charge < -0.3 is 16.4 Å². The average molecular weight is 308 g/mol. The van der Waals surface area contributed by atoms with Crippen LogP contribution in [-0.4, -0.2) is 16.8 Å². The minimum Gasteiger partial charge on any atom is -0.375 e. The van der Waals surface area contributed by atoms with Crippen molar-refractivity contribution in [1.82, 2.24) is 4.98 Å². The quantitative estimate of drug-likeness (QED) is 0.811. The van der Waals surface area contributed by atoms with Gasteiger partial charge in [0.2, 0.25) is 5.91 Å². The molecule has 0 aliphatic rings. The van der Waals surface area contributed by atoms with Crippen LogP contribution in [0.5, 0.6) is 0 Å². The fourth-order valence-corrected chi connectivity index (χ4v) is 2.43. The maximum absolute atomic E-state index is 13.5. The molecule has 21 heavy (non-hydrogen) atoms. The van der Waals surface area contributed by atoms with Crippen molar-refractivity contribution < 1.29 is 14.0 Å². The van der Waals surface area contributed by atoms with Crippen LogP contribution in [-0.2, 0) is 4.79 Å². The number of rotatable bonds is 3. The van der Waals surface area contributed by atoms with Crippen LogP contribution in [0.25, 0.3) is 0 Å². The van der Waals surface area contributed by atoms with E-state index in [9.17, 15) is 14.0 Å². The van der Waals surface area contributed by atoms with Crippen LogP contribution in [0, 0.1) is 12.7 Å². The minimum atomic E-state index is -0.582. The number of nitrogens with zero attached hydrogens (tertiary/aromatic N) is 1. The van der Waals surface area contributed by atoms with Gasteiger partial charge >= 0.3 is 0 Å². The molecule has 0 atom stereocenters. The summed E-state index contributed by atoms with van der Waals surface area (Å²) in [6, 6.07) is 3.90. The molecule has 0 fully saturated rings. The number of halogens is 1. The number of hydrogen-bond donors (Lipinski definition) is 3. The minimum absolute atomic E-state index is 0.000778. The molecule has 1 aromatic heterocycles. The van der Waals surface area contributed by atoms with Gasteiger partial charge in [0.25, 0.3) is 5.91 Å². The monoisotopic (exact) mass is 308 g/mol. The SMILES string of the molecule is CC(=O)Nc1cc(NC(=O)c2sc(N)nc2C)ccc1F. The van der Waals surface area contributed by atoms with E-state index in [2.05, 4.69) is 15.6 Å². The summed E-state index contributed by atoms with van der Waals surface area (Å²) < 4.78 is 13.5. The van der Waals surface area contributed by atoms with Crippen molar-refractivity contribution in [2.75, 3.05) is 16.4 Å². The molecule has 0 radical (unpaired) electrons. The van der Waals surface area contributed by atoms with Gasteiger partial charge in [-0.2, -0.15) is 0 Å². The molecule has 110 valence electrons. The van der Waals surface area contributed by atoms with Crippen LogP contribution in [0.15, 0.2) is 18.2 Å². The summed E-state index contributed by atoms with van der Waals surface area (Å²) >= 11 is 1.07. The van der Waals surface area contributed by atoms with Crippen LogP contribution >= 0.6 is 11.3 Å². The number of nitrogens with one attached hydrogen (secondary N) is 2. The van der Waals surface area contributed by atoms with E-state index in [0.29, 0.717) is 21.4 Å². The van der Waals surface area contributed by atoms with Gasteiger partial charge in [0.15, 0.2) is 5.13 Å². The first-order valence-electron chi connectivity index (χ1n) is 5.98. The molecule has 2 rings (SSSR count). The second-order valence-electron chi connectivity index (χ2n) is 4.30. The highest BCUT2D eigenvalue weighted by atomic mass is 32.1. The summed E-state index contributed by atoms with van der Waals surface area (Å²) in [6.45, 7) is 2.95. The van der Waals surface area contributed by atoms with Gasteiger partial charge in [0, 0.05) is 12.6 Å². The van der Waals surface area contributed by atoms with Gasteiger partial charge in [-0.15, -0.1) is 0 Å². The van der Waals surface area contributed by atoms with Crippen molar-refractivity contribution in [2.45, 2.75) is 13.8 Å². The maximum atomic E-state index is 13.5. The van der Waals surface area contributed by atoms with Crippen LogP contribution < -0.4 is 16.4 Å². The fraction of sp³-hybridized carbons (Fsp3) is 0.154. The highest BCUT2D eigenvalue weighted by molar-refractivity contribution is 7.17. The van der Waals surface area contributed by atoms with E-state index in [4.69, 9.17) is 5.73 Å². The Balaban J connectivity index is 2.21. The van der Waals surface area contributed by atoms with E-state index in [1.54, 1.807) is 6.92 Å². The fourth-order valence-electron chi connectivity index (χ4n) is 1.70. The van der Waals surface area contributed by atoms with Crippen molar-refractivity contribution in [2.24, 2.45) is 0 Å². The van der Waals surface area contributed by atoms with E-state index in [1.807, 2.05) is 0 Å². The summed E-state index contributed by atoms with van der Waals surface area (Å²) in [5, 5.41) is 5.26. The molecule has 1 aromatic carbocycles. The zero-order chi connectivity index (χ0) is 15.6. The maximum Gasteiger partial charge on any atom is 0.267 e. The number of anilines is 3. The number of thiazole rings is 1. The number of carbonyl (C=O) groups is 2. The Kier molecular flexibility index (Phi) is 4.18. The lowest BCUT2D eigenvalue weighted by Crippen LogP contribution is -2.13. The van der Waals surface area contributed by atoms with Crippen LogP contribution in [0.2, 0.25) is 0 Å². The highest BCUT2D eigenvalue weighted by Gasteiger charge is 2.15. The Bertz CT molecular complexity index is 714.